The zero-order valence-corrected chi connectivity index (χ0v) is 14.7. The number of para-hydroxylation sites is 1. The Balaban J connectivity index is 2.21. The van der Waals surface area contributed by atoms with Crippen molar-refractivity contribution >= 4 is 31.9 Å². The van der Waals surface area contributed by atoms with Gasteiger partial charge in [-0.3, -0.25) is 0 Å². The quantitative estimate of drug-likeness (QED) is 0.758. The van der Waals surface area contributed by atoms with Crippen LogP contribution in [0.3, 0.4) is 0 Å². The van der Waals surface area contributed by atoms with Crippen molar-refractivity contribution in [2.24, 2.45) is 5.73 Å². The molecule has 0 aliphatic heterocycles. The number of rotatable bonds is 5. The van der Waals surface area contributed by atoms with Crippen molar-refractivity contribution in [2.45, 2.75) is 26.0 Å². The average molecular weight is 417 g/mol. The summed E-state index contributed by atoms with van der Waals surface area (Å²) in [6, 6.07) is 10.7. The van der Waals surface area contributed by atoms with E-state index < -0.39 is 0 Å². The van der Waals surface area contributed by atoms with Crippen molar-refractivity contribution in [3.05, 3.63) is 62.3 Å². The largest absolute Gasteiger partial charge is 0.487 e. The third-order valence-corrected chi connectivity index (χ3v) is 4.09. The molecule has 0 heterocycles. The Kier molecular flexibility index (Phi) is 5.79. The van der Waals surface area contributed by atoms with E-state index in [-0.39, 0.29) is 18.5 Å². The Hall–Kier alpha value is -0.910. The van der Waals surface area contributed by atoms with E-state index in [1.807, 2.05) is 25.1 Å². The molecule has 0 aromatic heterocycles. The van der Waals surface area contributed by atoms with Gasteiger partial charge in [-0.25, -0.2) is 4.39 Å². The summed E-state index contributed by atoms with van der Waals surface area (Å²) in [6.45, 7) is 2.11. The standard InChI is InChI=1S/C16H16Br2FNO/c1-10(20)7-11-3-2-4-14(18)16(11)21-9-12-8-13(17)5-6-15(12)19/h2-6,8,10H,7,9,20H2,1H3. The van der Waals surface area contributed by atoms with Crippen LogP contribution in [0.25, 0.3) is 0 Å². The Labute approximate surface area is 140 Å². The summed E-state index contributed by atoms with van der Waals surface area (Å²) in [7, 11) is 0. The Morgan fingerprint density at radius 1 is 1.19 bits per heavy atom. The first kappa shape index (κ1) is 16.5. The van der Waals surface area contributed by atoms with E-state index in [4.69, 9.17) is 10.5 Å². The first-order valence-electron chi connectivity index (χ1n) is 6.57. The lowest BCUT2D eigenvalue weighted by atomic mass is 10.1. The molecule has 0 aliphatic rings. The molecule has 2 rings (SSSR count). The van der Waals surface area contributed by atoms with E-state index in [1.165, 1.54) is 6.07 Å². The molecular formula is C16H16Br2FNO. The van der Waals surface area contributed by atoms with Crippen LogP contribution < -0.4 is 10.5 Å². The van der Waals surface area contributed by atoms with Gasteiger partial charge in [-0.15, -0.1) is 0 Å². The van der Waals surface area contributed by atoms with Crippen molar-refractivity contribution in [1.82, 2.24) is 0 Å². The maximum absolute atomic E-state index is 13.8. The highest BCUT2D eigenvalue weighted by Crippen LogP contribution is 2.31. The number of ether oxygens (including phenoxy) is 1. The second-order valence-electron chi connectivity index (χ2n) is 4.93. The summed E-state index contributed by atoms with van der Waals surface area (Å²) in [6.07, 6.45) is 0.704. The molecule has 0 saturated carbocycles. The first-order chi connectivity index (χ1) is 9.97. The summed E-state index contributed by atoms with van der Waals surface area (Å²) in [5, 5.41) is 0. The van der Waals surface area contributed by atoms with Gasteiger partial charge in [0.25, 0.3) is 0 Å². The van der Waals surface area contributed by atoms with Gasteiger partial charge in [0.05, 0.1) is 4.47 Å². The van der Waals surface area contributed by atoms with Crippen molar-refractivity contribution in [1.29, 1.82) is 0 Å². The van der Waals surface area contributed by atoms with Gasteiger partial charge >= 0.3 is 0 Å². The zero-order valence-electron chi connectivity index (χ0n) is 11.6. The minimum absolute atomic E-state index is 0.0317. The van der Waals surface area contributed by atoms with Crippen molar-refractivity contribution < 1.29 is 9.13 Å². The molecule has 0 spiro atoms. The molecule has 0 fully saturated rings. The van der Waals surface area contributed by atoms with Gasteiger partial charge in [-0.05, 0) is 59.1 Å². The minimum Gasteiger partial charge on any atom is -0.487 e. The van der Waals surface area contributed by atoms with Gasteiger partial charge in [0.1, 0.15) is 18.2 Å². The summed E-state index contributed by atoms with van der Waals surface area (Å²) in [4.78, 5) is 0. The third-order valence-electron chi connectivity index (χ3n) is 2.97. The van der Waals surface area contributed by atoms with Gasteiger partial charge in [-0.1, -0.05) is 28.1 Å². The summed E-state index contributed by atoms with van der Waals surface area (Å²) in [5.41, 5.74) is 7.37. The molecule has 5 heteroatoms. The zero-order chi connectivity index (χ0) is 15.4. The van der Waals surface area contributed by atoms with Gasteiger partial charge in [0.2, 0.25) is 0 Å². The van der Waals surface area contributed by atoms with Gasteiger partial charge in [0, 0.05) is 16.1 Å². The molecule has 1 atom stereocenters. The van der Waals surface area contributed by atoms with Crippen molar-refractivity contribution in [3.63, 3.8) is 0 Å². The second-order valence-corrected chi connectivity index (χ2v) is 6.70. The van der Waals surface area contributed by atoms with Crippen LogP contribution in [0.4, 0.5) is 4.39 Å². The molecule has 0 bridgehead atoms. The fourth-order valence-electron chi connectivity index (χ4n) is 2.03. The third kappa shape index (κ3) is 4.53. The van der Waals surface area contributed by atoms with E-state index in [9.17, 15) is 4.39 Å². The topological polar surface area (TPSA) is 35.2 Å². The second kappa shape index (κ2) is 7.38. The van der Waals surface area contributed by atoms with E-state index >= 15 is 0 Å². The van der Waals surface area contributed by atoms with Crippen LogP contribution in [0.5, 0.6) is 5.75 Å². The molecular weight excluding hydrogens is 401 g/mol. The molecule has 0 amide bonds. The predicted molar refractivity (Wildman–Crippen MR) is 89.9 cm³/mol. The number of hydrogen-bond donors (Lipinski definition) is 1. The molecule has 2 aromatic carbocycles. The van der Waals surface area contributed by atoms with Gasteiger partial charge < -0.3 is 10.5 Å². The normalized spacial score (nSPS) is 12.2. The average Bonchev–Trinajstić information content (AvgIpc) is 2.41. The number of halogens is 3. The smallest absolute Gasteiger partial charge is 0.137 e. The SMILES string of the molecule is CC(N)Cc1cccc(Br)c1OCc1cc(Br)ccc1F. The molecule has 0 radical (unpaired) electrons. The molecule has 112 valence electrons. The lowest BCUT2D eigenvalue weighted by Crippen LogP contribution is -2.18. The summed E-state index contributed by atoms with van der Waals surface area (Å²) < 4.78 is 21.2. The van der Waals surface area contributed by atoms with Gasteiger partial charge in [0.15, 0.2) is 0 Å². The lowest BCUT2D eigenvalue weighted by Gasteiger charge is -2.15. The highest BCUT2D eigenvalue weighted by Gasteiger charge is 2.11. The van der Waals surface area contributed by atoms with Crippen molar-refractivity contribution in [3.8, 4) is 5.75 Å². The lowest BCUT2D eigenvalue weighted by molar-refractivity contribution is 0.294. The van der Waals surface area contributed by atoms with Crippen LogP contribution in [-0.2, 0) is 13.0 Å². The number of benzene rings is 2. The fourth-order valence-corrected chi connectivity index (χ4v) is 2.96. The highest BCUT2D eigenvalue weighted by atomic mass is 79.9. The van der Waals surface area contributed by atoms with Crippen LogP contribution in [0.1, 0.15) is 18.1 Å². The Morgan fingerprint density at radius 3 is 2.67 bits per heavy atom. The van der Waals surface area contributed by atoms with E-state index in [1.54, 1.807) is 12.1 Å². The molecule has 2 N–H and O–H groups in total. The number of hydrogen-bond acceptors (Lipinski definition) is 2. The van der Waals surface area contributed by atoms with Crippen LogP contribution in [0.15, 0.2) is 45.3 Å². The first-order valence-corrected chi connectivity index (χ1v) is 8.15. The monoisotopic (exact) mass is 415 g/mol. The summed E-state index contributed by atoms with van der Waals surface area (Å²) >= 11 is 6.81. The van der Waals surface area contributed by atoms with Crippen LogP contribution in [0.2, 0.25) is 0 Å². The molecule has 2 aromatic rings. The van der Waals surface area contributed by atoms with Crippen LogP contribution >= 0.6 is 31.9 Å². The fraction of sp³-hybridized carbons (Fsp3) is 0.250. The Morgan fingerprint density at radius 2 is 1.95 bits per heavy atom. The predicted octanol–water partition coefficient (Wildman–Crippen LogP) is 4.82. The highest BCUT2D eigenvalue weighted by molar-refractivity contribution is 9.10. The molecule has 0 saturated heterocycles. The van der Waals surface area contributed by atoms with Crippen LogP contribution in [-0.4, -0.2) is 6.04 Å². The molecule has 2 nitrogen and oxygen atoms in total. The molecule has 21 heavy (non-hydrogen) atoms. The van der Waals surface area contributed by atoms with E-state index in [2.05, 4.69) is 31.9 Å². The summed E-state index contributed by atoms with van der Waals surface area (Å²) in [5.74, 6) is 0.438. The Bertz CT molecular complexity index is 632. The van der Waals surface area contributed by atoms with E-state index in [0.29, 0.717) is 17.7 Å². The number of nitrogens with two attached hydrogens (primary N) is 1. The maximum Gasteiger partial charge on any atom is 0.137 e. The van der Waals surface area contributed by atoms with Gasteiger partial charge in [-0.2, -0.15) is 0 Å². The molecule has 0 aliphatic carbocycles. The van der Waals surface area contributed by atoms with E-state index in [0.717, 1.165) is 14.5 Å². The van der Waals surface area contributed by atoms with Crippen LogP contribution in [0, 0.1) is 5.82 Å². The molecule has 1 unspecified atom stereocenters. The maximum atomic E-state index is 13.8. The minimum atomic E-state index is -0.279. The van der Waals surface area contributed by atoms with Crippen molar-refractivity contribution in [2.75, 3.05) is 0 Å².